The van der Waals surface area contributed by atoms with Gasteiger partial charge in [-0.2, -0.15) is 0 Å². The standard InChI is InChI=1S/C26H27Cl2N3O3/c1-26(2,3)25(33)31-14-12-30(13-15-31)19-7-5-18(6-8-19)29-24(32)23-11-10-22(34-23)17-4-9-20(27)21(28)16-17/h4-11,16H,12-15H2,1-3H3,(H,29,32). The first-order valence-corrected chi connectivity index (χ1v) is 11.9. The van der Waals surface area contributed by atoms with Gasteiger partial charge in [0.25, 0.3) is 5.91 Å². The van der Waals surface area contributed by atoms with E-state index in [4.69, 9.17) is 27.6 Å². The number of amides is 2. The summed E-state index contributed by atoms with van der Waals surface area (Å²) in [5, 5.41) is 3.74. The maximum absolute atomic E-state index is 12.6. The van der Waals surface area contributed by atoms with Gasteiger partial charge in [-0.05, 0) is 54.6 Å². The van der Waals surface area contributed by atoms with E-state index in [1.54, 1.807) is 30.3 Å². The lowest BCUT2D eigenvalue weighted by Crippen LogP contribution is -2.51. The number of piperazine rings is 1. The lowest BCUT2D eigenvalue weighted by Gasteiger charge is -2.38. The van der Waals surface area contributed by atoms with Crippen LogP contribution in [0.2, 0.25) is 10.0 Å². The summed E-state index contributed by atoms with van der Waals surface area (Å²) in [4.78, 5) is 29.3. The molecule has 2 heterocycles. The normalized spacial score (nSPS) is 14.3. The fourth-order valence-electron chi connectivity index (χ4n) is 3.85. The quantitative estimate of drug-likeness (QED) is 0.463. The molecule has 1 saturated heterocycles. The van der Waals surface area contributed by atoms with E-state index in [9.17, 15) is 9.59 Å². The number of benzene rings is 2. The molecular weight excluding hydrogens is 473 g/mol. The molecule has 4 rings (SSSR count). The van der Waals surface area contributed by atoms with Gasteiger partial charge >= 0.3 is 0 Å². The van der Waals surface area contributed by atoms with E-state index in [0.717, 1.165) is 24.3 Å². The van der Waals surface area contributed by atoms with Gasteiger partial charge in [0.05, 0.1) is 10.0 Å². The molecule has 1 aliphatic heterocycles. The molecule has 178 valence electrons. The maximum Gasteiger partial charge on any atom is 0.291 e. The summed E-state index contributed by atoms with van der Waals surface area (Å²) in [6, 6.07) is 16.2. The third-order valence-electron chi connectivity index (χ3n) is 5.73. The van der Waals surface area contributed by atoms with Crippen molar-refractivity contribution >= 4 is 46.4 Å². The molecule has 0 saturated carbocycles. The predicted octanol–water partition coefficient (Wildman–Crippen LogP) is 6.20. The summed E-state index contributed by atoms with van der Waals surface area (Å²) in [7, 11) is 0. The Hall–Kier alpha value is -2.96. The van der Waals surface area contributed by atoms with E-state index in [1.807, 2.05) is 49.9 Å². The van der Waals surface area contributed by atoms with Crippen LogP contribution < -0.4 is 10.2 Å². The van der Waals surface area contributed by atoms with Crippen molar-refractivity contribution in [2.75, 3.05) is 36.4 Å². The molecule has 1 aromatic heterocycles. The number of nitrogens with zero attached hydrogens (tertiary/aromatic N) is 2. The van der Waals surface area contributed by atoms with Crippen LogP contribution in [0, 0.1) is 5.41 Å². The van der Waals surface area contributed by atoms with Gasteiger partial charge < -0.3 is 19.5 Å². The van der Waals surface area contributed by atoms with Gasteiger partial charge in [0.15, 0.2) is 5.76 Å². The lowest BCUT2D eigenvalue weighted by atomic mass is 9.94. The number of hydrogen-bond donors (Lipinski definition) is 1. The molecule has 0 bridgehead atoms. The number of nitrogens with one attached hydrogen (secondary N) is 1. The van der Waals surface area contributed by atoms with Crippen molar-refractivity contribution in [3.63, 3.8) is 0 Å². The summed E-state index contributed by atoms with van der Waals surface area (Å²) in [6.45, 7) is 8.81. The van der Waals surface area contributed by atoms with Crippen molar-refractivity contribution in [3.8, 4) is 11.3 Å². The Balaban J connectivity index is 1.35. The average Bonchev–Trinajstić information content (AvgIpc) is 3.31. The molecule has 34 heavy (non-hydrogen) atoms. The van der Waals surface area contributed by atoms with Crippen molar-refractivity contribution < 1.29 is 14.0 Å². The Morgan fingerprint density at radius 3 is 2.18 bits per heavy atom. The van der Waals surface area contributed by atoms with E-state index in [1.165, 1.54) is 0 Å². The summed E-state index contributed by atoms with van der Waals surface area (Å²) >= 11 is 12.0. The van der Waals surface area contributed by atoms with Gasteiger partial charge in [0, 0.05) is 48.5 Å². The molecule has 1 aliphatic rings. The molecule has 2 amide bonds. The fourth-order valence-corrected chi connectivity index (χ4v) is 4.15. The second kappa shape index (κ2) is 9.72. The summed E-state index contributed by atoms with van der Waals surface area (Å²) in [5.74, 6) is 0.576. The number of carbonyl (C=O) groups is 2. The SMILES string of the molecule is CC(C)(C)C(=O)N1CCN(c2ccc(NC(=O)c3ccc(-c4ccc(Cl)c(Cl)c4)o3)cc2)CC1. The van der Waals surface area contributed by atoms with Crippen LogP contribution in [0.15, 0.2) is 59.0 Å². The molecule has 0 atom stereocenters. The van der Waals surface area contributed by atoms with Crippen molar-refractivity contribution in [2.45, 2.75) is 20.8 Å². The van der Waals surface area contributed by atoms with Crippen molar-refractivity contribution in [1.82, 2.24) is 4.90 Å². The van der Waals surface area contributed by atoms with Gasteiger partial charge in [0.2, 0.25) is 5.91 Å². The molecule has 0 unspecified atom stereocenters. The van der Waals surface area contributed by atoms with Gasteiger partial charge in [-0.3, -0.25) is 9.59 Å². The number of hydrogen-bond acceptors (Lipinski definition) is 4. The van der Waals surface area contributed by atoms with Crippen LogP contribution >= 0.6 is 23.2 Å². The highest BCUT2D eigenvalue weighted by Gasteiger charge is 2.29. The summed E-state index contributed by atoms with van der Waals surface area (Å²) < 4.78 is 5.72. The highest BCUT2D eigenvalue weighted by Crippen LogP contribution is 2.30. The van der Waals surface area contributed by atoms with Gasteiger partial charge in [-0.1, -0.05) is 44.0 Å². The Labute approximate surface area is 209 Å². The van der Waals surface area contributed by atoms with E-state index >= 15 is 0 Å². The zero-order chi connectivity index (χ0) is 24.5. The van der Waals surface area contributed by atoms with E-state index in [0.29, 0.717) is 34.6 Å². The minimum absolute atomic E-state index is 0.186. The van der Waals surface area contributed by atoms with Crippen LogP contribution in [-0.4, -0.2) is 42.9 Å². The molecule has 6 nitrogen and oxygen atoms in total. The van der Waals surface area contributed by atoms with Crippen molar-refractivity contribution in [3.05, 3.63) is 70.4 Å². The van der Waals surface area contributed by atoms with E-state index < -0.39 is 0 Å². The van der Waals surface area contributed by atoms with Gasteiger partial charge in [0.1, 0.15) is 5.76 Å². The van der Waals surface area contributed by atoms with Crippen LogP contribution in [0.25, 0.3) is 11.3 Å². The number of carbonyl (C=O) groups excluding carboxylic acids is 2. The lowest BCUT2D eigenvalue weighted by molar-refractivity contribution is -0.139. The molecule has 0 radical (unpaired) electrons. The molecule has 0 aliphatic carbocycles. The number of halogens is 2. The van der Waals surface area contributed by atoms with Crippen LogP contribution in [0.5, 0.6) is 0 Å². The molecular formula is C26H27Cl2N3O3. The molecule has 3 aromatic rings. The topological polar surface area (TPSA) is 65.8 Å². The third-order valence-corrected chi connectivity index (χ3v) is 6.47. The largest absolute Gasteiger partial charge is 0.451 e. The first kappa shape index (κ1) is 24.2. The second-order valence-corrected chi connectivity index (χ2v) is 10.1. The fraction of sp³-hybridized carbons (Fsp3) is 0.308. The molecule has 0 spiro atoms. The minimum atomic E-state index is -0.362. The highest BCUT2D eigenvalue weighted by molar-refractivity contribution is 6.42. The molecule has 2 aromatic carbocycles. The van der Waals surface area contributed by atoms with Gasteiger partial charge in [-0.15, -0.1) is 0 Å². The van der Waals surface area contributed by atoms with E-state index in [-0.39, 0.29) is 23.0 Å². The van der Waals surface area contributed by atoms with Crippen LogP contribution in [0.3, 0.4) is 0 Å². The summed E-state index contributed by atoms with van der Waals surface area (Å²) in [5.41, 5.74) is 2.10. The van der Waals surface area contributed by atoms with Crippen molar-refractivity contribution in [1.29, 1.82) is 0 Å². The number of furan rings is 1. The monoisotopic (exact) mass is 499 g/mol. The second-order valence-electron chi connectivity index (χ2n) is 9.32. The molecule has 8 heteroatoms. The minimum Gasteiger partial charge on any atom is -0.451 e. The Bertz CT molecular complexity index is 1190. The first-order valence-electron chi connectivity index (χ1n) is 11.1. The van der Waals surface area contributed by atoms with Gasteiger partial charge in [-0.25, -0.2) is 0 Å². The van der Waals surface area contributed by atoms with Crippen molar-refractivity contribution in [2.24, 2.45) is 5.41 Å². The van der Waals surface area contributed by atoms with Crippen LogP contribution in [0.1, 0.15) is 31.3 Å². The summed E-state index contributed by atoms with van der Waals surface area (Å²) in [6.07, 6.45) is 0. The third kappa shape index (κ3) is 5.40. The maximum atomic E-state index is 12.6. The molecule has 1 N–H and O–H groups in total. The zero-order valence-corrected chi connectivity index (χ0v) is 20.9. The Kier molecular flexibility index (Phi) is 6.91. The van der Waals surface area contributed by atoms with E-state index in [2.05, 4.69) is 10.2 Å². The Morgan fingerprint density at radius 2 is 1.56 bits per heavy atom. The Morgan fingerprint density at radius 1 is 0.882 bits per heavy atom. The van der Waals surface area contributed by atoms with Crippen LogP contribution in [0.4, 0.5) is 11.4 Å². The predicted molar refractivity (Wildman–Crippen MR) is 137 cm³/mol. The molecule has 1 fully saturated rings. The smallest absolute Gasteiger partial charge is 0.291 e. The number of anilines is 2. The highest BCUT2D eigenvalue weighted by atomic mass is 35.5. The number of rotatable bonds is 4. The first-order chi connectivity index (χ1) is 16.1. The van der Waals surface area contributed by atoms with Crippen LogP contribution in [-0.2, 0) is 4.79 Å². The zero-order valence-electron chi connectivity index (χ0n) is 19.4. The average molecular weight is 500 g/mol.